The SMILES string of the molecule is Nc1nc(NCCCP(=O)(O)O)cc2c1[nH]c(=O)n2Cc1ccc(OCCCCC(=O)CO)cc1. The predicted molar refractivity (Wildman–Crippen MR) is 132 cm³/mol. The zero-order valence-corrected chi connectivity index (χ0v) is 20.0. The zero-order valence-electron chi connectivity index (χ0n) is 19.1. The van der Waals surface area contributed by atoms with Gasteiger partial charge in [0.05, 0.1) is 24.8 Å². The third-order valence-electron chi connectivity index (χ3n) is 5.29. The number of rotatable bonds is 14. The molecule has 0 spiro atoms. The highest BCUT2D eigenvalue weighted by atomic mass is 31.2. The summed E-state index contributed by atoms with van der Waals surface area (Å²) in [5.74, 6) is 1.03. The number of aliphatic hydroxyl groups excluding tert-OH is 1. The molecule has 3 aromatic rings. The third kappa shape index (κ3) is 7.93. The highest BCUT2D eigenvalue weighted by Crippen LogP contribution is 2.34. The van der Waals surface area contributed by atoms with Crippen molar-refractivity contribution in [2.75, 3.05) is 37.0 Å². The van der Waals surface area contributed by atoms with Crippen LogP contribution in [0.1, 0.15) is 31.2 Å². The van der Waals surface area contributed by atoms with E-state index < -0.39 is 14.2 Å². The van der Waals surface area contributed by atoms with Gasteiger partial charge in [-0.05, 0) is 37.0 Å². The standard InChI is InChI=1S/C22H30N5O7P/c23-21-20-18(12-19(25-21)24-9-3-11-35(31,32)33)27(22(30)26-20)13-15-5-7-17(8-6-15)34-10-2-1-4-16(29)14-28/h5-8,12,28H,1-4,9-11,13-14H2,(H,26,30)(H3,23,24,25)(H2,31,32,33). The number of nitrogens with two attached hydrogens (primary N) is 1. The monoisotopic (exact) mass is 507 g/mol. The molecule has 0 aliphatic carbocycles. The Morgan fingerprint density at radius 3 is 2.63 bits per heavy atom. The fourth-order valence-corrected chi connectivity index (χ4v) is 4.06. The van der Waals surface area contributed by atoms with Gasteiger partial charge in [-0.25, -0.2) is 9.78 Å². The van der Waals surface area contributed by atoms with Gasteiger partial charge in [-0.2, -0.15) is 0 Å². The van der Waals surface area contributed by atoms with E-state index in [0.29, 0.717) is 48.5 Å². The Labute approximate surface area is 201 Å². The van der Waals surface area contributed by atoms with E-state index in [4.69, 9.17) is 25.4 Å². The van der Waals surface area contributed by atoms with Crippen molar-refractivity contribution in [1.29, 1.82) is 0 Å². The lowest BCUT2D eigenvalue weighted by molar-refractivity contribution is -0.121. The number of hydrogen-bond donors (Lipinski definition) is 6. The molecule has 0 aliphatic rings. The molecule has 0 amide bonds. The van der Waals surface area contributed by atoms with Crippen LogP contribution in [0.25, 0.3) is 11.0 Å². The molecule has 0 fully saturated rings. The molecular formula is C22H30N5O7P. The smallest absolute Gasteiger partial charge is 0.326 e. The second kappa shape index (κ2) is 12.0. The van der Waals surface area contributed by atoms with Crippen LogP contribution < -0.4 is 21.5 Å². The van der Waals surface area contributed by atoms with Crippen LogP contribution in [0.5, 0.6) is 5.75 Å². The molecule has 2 aromatic heterocycles. The summed E-state index contributed by atoms with van der Waals surface area (Å²) in [4.78, 5) is 48.5. The highest BCUT2D eigenvalue weighted by Gasteiger charge is 2.14. The molecule has 1 aromatic carbocycles. The molecule has 2 heterocycles. The Balaban J connectivity index is 1.63. The van der Waals surface area contributed by atoms with Crippen molar-refractivity contribution in [3.05, 3.63) is 46.4 Å². The number of hydrogen-bond acceptors (Lipinski definition) is 8. The number of aromatic amines is 1. The number of H-pyrrole nitrogens is 1. The third-order valence-corrected chi connectivity index (χ3v) is 6.18. The van der Waals surface area contributed by atoms with Crippen molar-refractivity contribution in [3.8, 4) is 5.75 Å². The molecule has 0 radical (unpaired) electrons. The molecule has 35 heavy (non-hydrogen) atoms. The molecule has 7 N–H and O–H groups in total. The number of aliphatic hydroxyl groups is 1. The number of carbonyl (C=O) groups is 1. The number of anilines is 2. The maximum atomic E-state index is 12.6. The van der Waals surface area contributed by atoms with E-state index in [0.717, 1.165) is 5.56 Å². The minimum Gasteiger partial charge on any atom is -0.494 e. The molecule has 0 saturated carbocycles. The van der Waals surface area contributed by atoms with Crippen LogP contribution in [0.2, 0.25) is 0 Å². The van der Waals surface area contributed by atoms with E-state index in [1.807, 2.05) is 12.1 Å². The first-order valence-electron chi connectivity index (χ1n) is 11.2. The van der Waals surface area contributed by atoms with Crippen molar-refractivity contribution in [2.24, 2.45) is 0 Å². The predicted octanol–water partition coefficient (Wildman–Crippen LogP) is 1.45. The van der Waals surface area contributed by atoms with Gasteiger partial charge >= 0.3 is 13.3 Å². The zero-order chi connectivity index (χ0) is 25.4. The lowest BCUT2D eigenvalue weighted by atomic mass is 10.2. The molecule has 13 heteroatoms. The summed E-state index contributed by atoms with van der Waals surface area (Å²) in [5.41, 5.74) is 7.50. The number of ether oxygens (including phenoxy) is 1. The summed E-state index contributed by atoms with van der Waals surface area (Å²) in [6, 6.07) is 8.97. The van der Waals surface area contributed by atoms with Gasteiger partial charge in [0.2, 0.25) is 0 Å². The number of fused-ring (bicyclic) bond motifs is 1. The highest BCUT2D eigenvalue weighted by molar-refractivity contribution is 7.51. The van der Waals surface area contributed by atoms with Crippen LogP contribution in [-0.2, 0) is 15.9 Å². The molecule has 0 bridgehead atoms. The van der Waals surface area contributed by atoms with Crippen LogP contribution in [-0.4, -0.2) is 61.1 Å². The number of imidazole rings is 1. The summed E-state index contributed by atoms with van der Waals surface area (Å²) in [5, 5.41) is 11.7. The minimum absolute atomic E-state index is 0.139. The number of aromatic nitrogens is 3. The fraction of sp³-hybridized carbons (Fsp3) is 0.409. The molecule has 0 aliphatic heterocycles. The maximum absolute atomic E-state index is 12.6. The summed E-state index contributed by atoms with van der Waals surface area (Å²) in [6.07, 6.45) is 1.69. The second-order valence-electron chi connectivity index (χ2n) is 8.12. The van der Waals surface area contributed by atoms with Gasteiger partial charge in [0.1, 0.15) is 23.7 Å². The molecule has 190 valence electrons. The first kappa shape index (κ1) is 26.4. The maximum Gasteiger partial charge on any atom is 0.326 e. The number of pyridine rings is 1. The van der Waals surface area contributed by atoms with Crippen molar-refractivity contribution in [2.45, 2.75) is 32.2 Å². The number of carbonyl (C=O) groups excluding carboxylic acids is 1. The molecular weight excluding hydrogens is 477 g/mol. The summed E-state index contributed by atoms with van der Waals surface area (Å²) in [7, 11) is -4.06. The van der Waals surface area contributed by atoms with Crippen molar-refractivity contribution in [3.63, 3.8) is 0 Å². The number of Topliss-reactive ketones (excluding diaryl/α,β-unsaturated/α-hetero) is 1. The molecule has 0 unspecified atom stereocenters. The summed E-state index contributed by atoms with van der Waals surface area (Å²) in [6.45, 7) is 0.596. The van der Waals surface area contributed by atoms with E-state index >= 15 is 0 Å². The lowest BCUT2D eigenvalue weighted by Crippen LogP contribution is -2.17. The van der Waals surface area contributed by atoms with Crippen LogP contribution in [0.3, 0.4) is 0 Å². The average molecular weight is 507 g/mol. The van der Waals surface area contributed by atoms with Gasteiger partial charge in [0.25, 0.3) is 0 Å². The number of nitrogen functional groups attached to an aromatic ring is 1. The van der Waals surface area contributed by atoms with Gasteiger partial charge in [-0.1, -0.05) is 12.1 Å². The Kier molecular flexibility index (Phi) is 9.05. The molecule has 0 atom stereocenters. The van der Waals surface area contributed by atoms with Gasteiger partial charge in [0, 0.05) is 19.0 Å². The Morgan fingerprint density at radius 1 is 1.20 bits per heavy atom. The van der Waals surface area contributed by atoms with Crippen molar-refractivity contribution >= 4 is 36.0 Å². The van der Waals surface area contributed by atoms with E-state index in [9.17, 15) is 14.2 Å². The fourth-order valence-electron chi connectivity index (χ4n) is 3.49. The quantitative estimate of drug-likeness (QED) is 0.137. The van der Waals surface area contributed by atoms with Gasteiger partial charge in [-0.3, -0.25) is 13.9 Å². The second-order valence-corrected chi connectivity index (χ2v) is 9.89. The number of ketones is 1. The first-order chi connectivity index (χ1) is 16.7. The van der Waals surface area contributed by atoms with E-state index in [1.165, 1.54) is 4.57 Å². The summed E-state index contributed by atoms with van der Waals surface area (Å²) < 4.78 is 18.2. The number of unbranched alkanes of at least 4 members (excludes halogenated alkanes) is 1. The van der Waals surface area contributed by atoms with Crippen molar-refractivity contribution < 1.29 is 29.0 Å². The van der Waals surface area contributed by atoms with Crippen LogP contribution in [0, 0.1) is 0 Å². The topological polar surface area (TPSA) is 193 Å². The number of benzene rings is 1. The Morgan fingerprint density at radius 2 is 1.94 bits per heavy atom. The lowest BCUT2D eigenvalue weighted by Gasteiger charge is -2.10. The van der Waals surface area contributed by atoms with Gasteiger partial charge in [-0.15, -0.1) is 0 Å². The average Bonchev–Trinajstić information content (AvgIpc) is 3.12. The van der Waals surface area contributed by atoms with Crippen molar-refractivity contribution in [1.82, 2.24) is 14.5 Å². The number of nitrogens with one attached hydrogen (secondary N) is 2. The summed E-state index contributed by atoms with van der Waals surface area (Å²) >= 11 is 0. The minimum atomic E-state index is -4.06. The van der Waals surface area contributed by atoms with Gasteiger partial charge in [0.15, 0.2) is 11.6 Å². The Hall–Kier alpha value is -3.18. The first-order valence-corrected chi connectivity index (χ1v) is 13.0. The molecule has 12 nitrogen and oxygen atoms in total. The molecule has 3 rings (SSSR count). The van der Waals surface area contributed by atoms with E-state index in [2.05, 4.69) is 15.3 Å². The molecule has 0 saturated heterocycles. The number of nitrogens with zero attached hydrogens (tertiary/aromatic N) is 2. The Bertz CT molecular complexity index is 1250. The van der Waals surface area contributed by atoms with E-state index in [1.54, 1.807) is 18.2 Å². The van der Waals surface area contributed by atoms with Gasteiger partial charge < -0.3 is 35.7 Å². The van der Waals surface area contributed by atoms with Crippen LogP contribution in [0.15, 0.2) is 35.1 Å². The normalized spacial score (nSPS) is 11.6. The largest absolute Gasteiger partial charge is 0.494 e. The van der Waals surface area contributed by atoms with Crippen LogP contribution in [0.4, 0.5) is 11.6 Å². The van der Waals surface area contributed by atoms with E-state index in [-0.39, 0.29) is 43.0 Å². The van der Waals surface area contributed by atoms with Crippen LogP contribution >= 0.6 is 7.60 Å².